The van der Waals surface area contributed by atoms with Crippen LogP contribution in [0.4, 0.5) is 10.5 Å². The van der Waals surface area contributed by atoms with Crippen LogP contribution in [0.3, 0.4) is 0 Å². The minimum Gasteiger partial charge on any atom is -0.493 e. The van der Waals surface area contributed by atoms with Crippen molar-refractivity contribution in [2.45, 2.75) is 26.1 Å². The fourth-order valence-corrected chi connectivity index (χ4v) is 2.67. The maximum Gasteiger partial charge on any atom is 0.412 e. The Morgan fingerprint density at radius 1 is 1.28 bits per heavy atom. The first-order chi connectivity index (χ1) is 11.8. The molecular weight excluding hydrogens is 328 g/mol. The van der Waals surface area contributed by atoms with Crippen LogP contribution >= 0.6 is 0 Å². The number of methoxy groups -OCH3 is 3. The third-order valence-electron chi connectivity index (χ3n) is 4.14. The molecule has 0 aromatic heterocycles. The molecular formula is C17H22N2O6. The van der Waals surface area contributed by atoms with Gasteiger partial charge in [-0.3, -0.25) is 9.69 Å². The van der Waals surface area contributed by atoms with E-state index in [4.69, 9.17) is 14.2 Å². The summed E-state index contributed by atoms with van der Waals surface area (Å²) in [5.41, 5.74) is 0.807. The number of rotatable bonds is 5. The number of benzene rings is 1. The Labute approximate surface area is 146 Å². The Bertz CT molecular complexity index is 715. The number of carbonyl (C=O) groups is 2. The monoisotopic (exact) mass is 350 g/mol. The molecule has 1 aromatic carbocycles. The highest BCUT2D eigenvalue weighted by Crippen LogP contribution is 2.40. The maximum atomic E-state index is 12.9. The van der Waals surface area contributed by atoms with Crippen molar-refractivity contribution < 1.29 is 28.9 Å². The van der Waals surface area contributed by atoms with Gasteiger partial charge < -0.3 is 24.6 Å². The van der Waals surface area contributed by atoms with E-state index in [0.29, 0.717) is 17.1 Å². The van der Waals surface area contributed by atoms with Gasteiger partial charge in [0, 0.05) is 24.9 Å². The highest BCUT2D eigenvalue weighted by atomic mass is 16.5. The molecule has 2 unspecified atom stereocenters. The van der Waals surface area contributed by atoms with Gasteiger partial charge >= 0.3 is 6.09 Å². The number of hydrogen-bond donors (Lipinski definition) is 2. The smallest absolute Gasteiger partial charge is 0.412 e. The molecule has 136 valence electrons. The molecule has 2 atom stereocenters. The van der Waals surface area contributed by atoms with Crippen LogP contribution in [-0.4, -0.2) is 50.6 Å². The summed E-state index contributed by atoms with van der Waals surface area (Å²) in [4.78, 5) is 25.8. The van der Waals surface area contributed by atoms with E-state index >= 15 is 0 Å². The molecule has 8 nitrogen and oxygen atoms in total. The number of nitrogens with one attached hydrogen (secondary N) is 1. The van der Waals surface area contributed by atoms with Crippen molar-refractivity contribution in [1.82, 2.24) is 5.32 Å². The minimum atomic E-state index is -1.17. The molecule has 0 aliphatic carbocycles. The zero-order valence-corrected chi connectivity index (χ0v) is 14.8. The van der Waals surface area contributed by atoms with E-state index < -0.39 is 12.1 Å². The summed E-state index contributed by atoms with van der Waals surface area (Å²) < 4.78 is 15.5. The molecule has 1 aromatic rings. The summed E-state index contributed by atoms with van der Waals surface area (Å²) in [6, 6.07) is 2.32. The van der Waals surface area contributed by atoms with Crippen molar-refractivity contribution in [3.8, 4) is 11.5 Å². The van der Waals surface area contributed by atoms with Gasteiger partial charge in [-0.2, -0.15) is 0 Å². The number of carbonyl (C=O) groups excluding carboxylic acids is 1. The van der Waals surface area contributed by atoms with E-state index in [-0.39, 0.29) is 23.3 Å². The van der Waals surface area contributed by atoms with Crippen LogP contribution < -0.4 is 19.7 Å². The molecule has 0 spiro atoms. The van der Waals surface area contributed by atoms with Crippen molar-refractivity contribution in [2.24, 2.45) is 0 Å². The van der Waals surface area contributed by atoms with Gasteiger partial charge in [0.05, 0.1) is 31.5 Å². The van der Waals surface area contributed by atoms with Gasteiger partial charge in [0.2, 0.25) is 0 Å². The van der Waals surface area contributed by atoms with E-state index in [0.717, 1.165) is 4.90 Å². The van der Waals surface area contributed by atoms with E-state index in [1.54, 1.807) is 13.8 Å². The number of amides is 1. The molecule has 0 fully saturated rings. The number of fused-ring (bicyclic) bond motifs is 1. The van der Waals surface area contributed by atoms with Crippen LogP contribution in [0.15, 0.2) is 23.9 Å². The Morgan fingerprint density at radius 2 is 1.88 bits per heavy atom. The predicted octanol–water partition coefficient (Wildman–Crippen LogP) is 2.24. The van der Waals surface area contributed by atoms with Gasteiger partial charge in [-0.25, -0.2) is 4.79 Å². The SMILES string of the molecule is COc1cc2c(cc1OC)N(C(=O)O)C(C)C(=CNC(C)OC)C2=O. The van der Waals surface area contributed by atoms with Crippen LogP contribution in [0.2, 0.25) is 0 Å². The zero-order chi connectivity index (χ0) is 18.7. The third-order valence-corrected chi connectivity index (χ3v) is 4.14. The molecule has 0 bridgehead atoms. The second-order valence-electron chi connectivity index (χ2n) is 5.53. The number of anilines is 1. The second-order valence-corrected chi connectivity index (χ2v) is 5.53. The molecule has 8 heteroatoms. The van der Waals surface area contributed by atoms with E-state index in [1.165, 1.54) is 39.7 Å². The molecule has 1 aliphatic heterocycles. The highest BCUT2D eigenvalue weighted by Gasteiger charge is 2.38. The summed E-state index contributed by atoms with van der Waals surface area (Å²) in [6.45, 7) is 3.42. The maximum absolute atomic E-state index is 12.9. The molecule has 1 amide bonds. The first-order valence-electron chi connectivity index (χ1n) is 7.67. The fourth-order valence-electron chi connectivity index (χ4n) is 2.67. The number of Topliss-reactive ketones (excluding diaryl/α,β-unsaturated/α-hetero) is 1. The van der Waals surface area contributed by atoms with Gasteiger partial charge in [-0.05, 0) is 19.9 Å². The second kappa shape index (κ2) is 7.43. The zero-order valence-electron chi connectivity index (χ0n) is 14.8. The molecule has 0 saturated heterocycles. The van der Waals surface area contributed by atoms with Gasteiger partial charge in [0.15, 0.2) is 17.3 Å². The standard InChI is InChI=1S/C17H22N2O6/c1-9-12(8-18-10(2)23-3)16(20)11-6-14(24-4)15(25-5)7-13(11)19(9)17(21)22/h6-10,18H,1-5H3,(H,21,22). The van der Waals surface area contributed by atoms with Crippen molar-refractivity contribution in [2.75, 3.05) is 26.2 Å². The Balaban J connectivity index is 2.61. The molecule has 1 aliphatic rings. The topological polar surface area (TPSA) is 97.3 Å². The highest BCUT2D eigenvalue weighted by molar-refractivity contribution is 6.18. The van der Waals surface area contributed by atoms with Crippen molar-refractivity contribution >= 4 is 17.6 Å². The Hall–Kier alpha value is -2.74. The average Bonchev–Trinajstić information content (AvgIpc) is 2.59. The fraction of sp³-hybridized carbons (Fsp3) is 0.412. The third kappa shape index (κ3) is 3.39. The van der Waals surface area contributed by atoms with E-state index in [1.807, 2.05) is 0 Å². The summed E-state index contributed by atoms with van der Waals surface area (Å²) in [5, 5.41) is 12.6. The minimum absolute atomic E-state index is 0.233. The lowest BCUT2D eigenvalue weighted by Gasteiger charge is -2.34. The lowest BCUT2D eigenvalue weighted by atomic mass is 9.90. The number of nitrogens with zero attached hydrogens (tertiary/aromatic N) is 1. The average molecular weight is 350 g/mol. The lowest BCUT2D eigenvalue weighted by Crippen LogP contribution is -2.45. The summed E-state index contributed by atoms with van der Waals surface area (Å²) in [5.74, 6) is 0.426. The summed E-state index contributed by atoms with van der Waals surface area (Å²) >= 11 is 0. The van der Waals surface area contributed by atoms with Gasteiger partial charge in [0.1, 0.15) is 6.23 Å². The molecule has 1 heterocycles. The van der Waals surface area contributed by atoms with Crippen LogP contribution in [-0.2, 0) is 4.74 Å². The van der Waals surface area contributed by atoms with Gasteiger partial charge in [-0.1, -0.05) is 0 Å². The molecule has 2 rings (SSSR count). The molecule has 0 radical (unpaired) electrons. The summed E-state index contributed by atoms with van der Waals surface area (Å²) in [6.07, 6.45) is 0.00765. The van der Waals surface area contributed by atoms with Gasteiger partial charge in [-0.15, -0.1) is 0 Å². The molecule has 0 saturated carbocycles. The van der Waals surface area contributed by atoms with Crippen LogP contribution in [0.1, 0.15) is 24.2 Å². The molecule has 25 heavy (non-hydrogen) atoms. The number of ether oxygens (including phenoxy) is 3. The predicted molar refractivity (Wildman–Crippen MR) is 91.5 cm³/mol. The van der Waals surface area contributed by atoms with Crippen molar-refractivity contribution in [3.05, 3.63) is 29.5 Å². The quantitative estimate of drug-likeness (QED) is 0.621. The summed E-state index contributed by atoms with van der Waals surface area (Å²) in [7, 11) is 4.43. The normalized spacial score (nSPS) is 19.4. The Kier molecular flexibility index (Phi) is 5.53. The first-order valence-corrected chi connectivity index (χ1v) is 7.67. The van der Waals surface area contributed by atoms with Crippen LogP contribution in [0.5, 0.6) is 11.5 Å². The van der Waals surface area contributed by atoms with Gasteiger partial charge in [0.25, 0.3) is 0 Å². The van der Waals surface area contributed by atoms with Crippen LogP contribution in [0.25, 0.3) is 0 Å². The Morgan fingerprint density at radius 3 is 2.40 bits per heavy atom. The lowest BCUT2D eigenvalue weighted by molar-refractivity contribution is 0.0986. The largest absolute Gasteiger partial charge is 0.493 e. The van der Waals surface area contributed by atoms with Crippen molar-refractivity contribution in [1.29, 1.82) is 0 Å². The number of carboxylic acid groups (broad SMARTS) is 1. The number of hydrogen-bond acceptors (Lipinski definition) is 6. The van der Waals surface area contributed by atoms with Crippen LogP contribution in [0, 0.1) is 0 Å². The van der Waals surface area contributed by atoms with E-state index in [2.05, 4.69) is 5.32 Å². The number of ketones is 1. The van der Waals surface area contributed by atoms with Crippen molar-refractivity contribution in [3.63, 3.8) is 0 Å². The first kappa shape index (κ1) is 18.6. The van der Waals surface area contributed by atoms with E-state index in [9.17, 15) is 14.7 Å². The molecule has 2 N–H and O–H groups in total.